The van der Waals surface area contributed by atoms with Crippen molar-refractivity contribution in [1.82, 2.24) is 13.9 Å². The Bertz CT molecular complexity index is 581. The Morgan fingerprint density at radius 3 is 2.30 bits per heavy atom. The molecule has 6 nitrogen and oxygen atoms in total. The van der Waals surface area contributed by atoms with E-state index in [1.54, 1.807) is 7.05 Å². The fraction of sp³-hybridized carbons (Fsp3) is 0.625. The van der Waals surface area contributed by atoms with Gasteiger partial charge in [0.05, 0.1) is 13.2 Å². The van der Waals surface area contributed by atoms with Gasteiger partial charge in [-0.25, -0.2) is 0 Å². The van der Waals surface area contributed by atoms with Gasteiger partial charge in [-0.3, -0.25) is 4.90 Å². The van der Waals surface area contributed by atoms with Gasteiger partial charge in [0, 0.05) is 39.3 Å². The van der Waals surface area contributed by atoms with Gasteiger partial charge in [-0.15, -0.1) is 0 Å². The van der Waals surface area contributed by atoms with Gasteiger partial charge in [-0.2, -0.15) is 17.4 Å². The van der Waals surface area contributed by atoms with Crippen molar-refractivity contribution >= 4 is 10.2 Å². The summed E-state index contributed by atoms with van der Waals surface area (Å²) >= 11 is 0. The van der Waals surface area contributed by atoms with Crippen LogP contribution in [-0.4, -0.2) is 57.0 Å². The van der Waals surface area contributed by atoms with Crippen LogP contribution in [-0.2, 0) is 28.0 Å². The molecule has 0 bridgehead atoms. The molecule has 1 aromatic rings. The minimum absolute atomic E-state index is 0.0663. The molecule has 0 radical (unpaired) electrons. The van der Waals surface area contributed by atoms with Gasteiger partial charge in [-0.1, -0.05) is 24.3 Å². The smallest absolute Gasteiger partial charge is 0.279 e. The Morgan fingerprint density at radius 1 is 1.17 bits per heavy atom. The van der Waals surface area contributed by atoms with E-state index in [0.717, 1.165) is 38.4 Å². The van der Waals surface area contributed by atoms with Gasteiger partial charge in [0.25, 0.3) is 10.2 Å². The predicted molar refractivity (Wildman–Crippen MR) is 91.2 cm³/mol. The zero-order valence-electron chi connectivity index (χ0n) is 14.2. The van der Waals surface area contributed by atoms with Crippen LogP contribution in [0.15, 0.2) is 24.3 Å². The van der Waals surface area contributed by atoms with Crippen LogP contribution in [0.3, 0.4) is 0 Å². The molecule has 1 N–H and O–H groups in total. The number of ether oxygens (including phenoxy) is 1. The van der Waals surface area contributed by atoms with Gasteiger partial charge in [0.1, 0.15) is 0 Å². The second-order valence-electron chi connectivity index (χ2n) is 6.14. The van der Waals surface area contributed by atoms with Crippen LogP contribution in [0.4, 0.5) is 0 Å². The third-order valence-electron chi connectivity index (χ3n) is 4.10. The number of hydrogen-bond acceptors (Lipinski definition) is 4. The van der Waals surface area contributed by atoms with Crippen molar-refractivity contribution in [3.05, 3.63) is 35.4 Å². The summed E-state index contributed by atoms with van der Waals surface area (Å²) in [5.74, 6) is 0. The molecule has 1 fully saturated rings. The third kappa shape index (κ3) is 5.54. The fourth-order valence-electron chi connectivity index (χ4n) is 2.33. The van der Waals surface area contributed by atoms with Crippen LogP contribution in [0.5, 0.6) is 0 Å². The van der Waals surface area contributed by atoms with Crippen LogP contribution in [0.2, 0.25) is 0 Å². The van der Waals surface area contributed by atoms with Crippen molar-refractivity contribution in [3.63, 3.8) is 0 Å². The lowest BCUT2D eigenvalue weighted by atomic mass is 10.1. The average molecular weight is 341 g/mol. The van der Waals surface area contributed by atoms with Crippen LogP contribution < -0.4 is 4.72 Å². The molecule has 0 aromatic heterocycles. The zero-order valence-corrected chi connectivity index (χ0v) is 15.0. The lowest BCUT2D eigenvalue weighted by molar-refractivity contribution is 0.0342. The number of nitrogens with zero attached hydrogens (tertiary/aromatic N) is 2. The summed E-state index contributed by atoms with van der Waals surface area (Å²) in [6, 6.07) is 8.01. The second-order valence-corrected chi connectivity index (χ2v) is 7.96. The lowest BCUT2D eigenvalue weighted by Gasteiger charge is -2.26. The maximum absolute atomic E-state index is 12.1. The summed E-state index contributed by atoms with van der Waals surface area (Å²) in [4.78, 5) is 2.36. The first-order valence-electron chi connectivity index (χ1n) is 7.99. The Balaban J connectivity index is 1.87. The van der Waals surface area contributed by atoms with Crippen LogP contribution in [0.1, 0.15) is 25.0 Å². The topological polar surface area (TPSA) is 61.9 Å². The van der Waals surface area contributed by atoms with Gasteiger partial charge >= 0.3 is 0 Å². The summed E-state index contributed by atoms with van der Waals surface area (Å²) < 4.78 is 33.4. The van der Waals surface area contributed by atoms with Crippen molar-refractivity contribution in [2.75, 3.05) is 33.4 Å². The van der Waals surface area contributed by atoms with E-state index in [4.69, 9.17) is 4.74 Å². The molecule has 23 heavy (non-hydrogen) atoms. The second kappa shape index (κ2) is 8.21. The normalized spacial score (nSPS) is 17.1. The first kappa shape index (κ1) is 18.4. The molecule has 1 saturated heterocycles. The van der Waals surface area contributed by atoms with Crippen LogP contribution >= 0.6 is 0 Å². The molecule has 0 aliphatic carbocycles. The minimum Gasteiger partial charge on any atom is -0.379 e. The highest BCUT2D eigenvalue weighted by molar-refractivity contribution is 7.87. The van der Waals surface area contributed by atoms with E-state index in [1.807, 2.05) is 26.0 Å². The molecule has 130 valence electrons. The maximum Gasteiger partial charge on any atom is 0.279 e. The van der Waals surface area contributed by atoms with E-state index in [2.05, 4.69) is 21.8 Å². The van der Waals surface area contributed by atoms with Gasteiger partial charge in [-0.05, 0) is 25.0 Å². The summed E-state index contributed by atoms with van der Waals surface area (Å²) in [5, 5.41) is 0. The summed E-state index contributed by atoms with van der Waals surface area (Å²) in [6.07, 6.45) is 0. The van der Waals surface area contributed by atoms with Crippen LogP contribution in [0, 0.1) is 0 Å². The molecular formula is C16H27N3O3S. The highest BCUT2D eigenvalue weighted by atomic mass is 32.2. The molecule has 1 aliphatic heterocycles. The largest absolute Gasteiger partial charge is 0.379 e. The molecule has 0 atom stereocenters. The first-order chi connectivity index (χ1) is 10.9. The van der Waals surface area contributed by atoms with Crippen LogP contribution in [0.25, 0.3) is 0 Å². The lowest BCUT2D eigenvalue weighted by Crippen LogP contribution is -2.41. The maximum atomic E-state index is 12.1. The zero-order chi connectivity index (χ0) is 16.9. The Hall–Kier alpha value is -0.990. The molecule has 1 aliphatic rings. The highest BCUT2D eigenvalue weighted by Crippen LogP contribution is 2.10. The van der Waals surface area contributed by atoms with E-state index in [9.17, 15) is 8.42 Å². The Kier molecular flexibility index (Phi) is 6.55. The molecule has 0 amide bonds. The van der Waals surface area contributed by atoms with E-state index in [1.165, 1.54) is 9.87 Å². The van der Waals surface area contributed by atoms with Gasteiger partial charge in [0.15, 0.2) is 0 Å². The summed E-state index contributed by atoms with van der Waals surface area (Å²) in [7, 11) is -1.85. The molecule has 2 rings (SSSR count). The predicted octanol–water partition coefficient (Wildman–Crippen LogP) is 1.19. The fourth-order valence-corrected chi connectivity index (χ4v) is 3.44. The molecule has 1 aromatic carbocycles. The van der Waals surface area contributed by atoms with Crippen molar-refractivity contribution in [2.24, 2.45) is 0 Å². The highest BCUT2D eigenvalue weighted by Gasteiger charge is 2.19. The quantitative estimate of drug-likeness (QED) is 0.809. The number of benzene rings is 1. The average Bonchev–Trinajstić information content (AvgIpc) is 2.54. The number of nitrogens with one attached hydrogen (secondary N) is 1. The Morgan fingerprint density at radius 2 is 1.74 bits per heavy atom. The van der Waals surface area contributed by atoms with E-state index in [0.29, 0.717) is 6.54 Å². The van der Waals surface area contributed by atoms with E-state index >= 15 is 0 Å². The number of hydrogen-bond donors (Lipinski definition) is 1. The number of morpholine rings is 1. The van der Waals surface area contributed by atoms with Crippen molar-refractivity contribution in [3.8, 4) is 0 Å². The monoisotopic (exact) mass is 341 g/mol. The molecule has 7 heteroatoms. The minimum atomic E-state index is -3.43. The van der Waals surface area contributed by atoms with E-state index in [-0.39, 0.29) is 6.04 Å². The molecule has 1 heterocycles. The molecular weight excluding hydrogens is 314 g/mol. The summed E-state index contributed by atoms with van der Waals surface area (Å²) in [6.45, 7) is 8.42. The standard InChI is InChI=1S/C16H27N3O3S/c1-14(2)18(3)23(20,21)17-12-15-4-6-16(7-5-15)13-19-8-10-22-11-9-19/h4-7,14,17H,8-13H2,1-3H3. The Labute approximate surface area is 139 Å². The van der Waals surface area contributed by atoms with Crippen molar-refractivity contribution in [2.45, 2.75) is 33.0 Å². The van der Waals surface area contributed by atoms with Gasteiger partial charge in [0.2, 0.25) is 0 Å². The molecule has 0 spiro atoms. The summed E-state index contributed by atoms with van der Waals surface area (Å²) in [5.41, 5.74) is 2.19. The molecule has 0 unspecified atom stereocenters. The third-order valence-corrected chi connectivity index (χ3v) is 5.79. The van der Waals surface area contributed by atoms with Crippen molar-refractivity contribution < 1.29 is 13.2 Å². The van der Waals surface area contributed by atoms with Crippen molar-refractivity contribution in [1.29, 1.82) is 0 Å². The van der Waals surface area contributed by atoms with E-state index < -0.39 is 10.2 Å². The number of rotatable bonds is 7. The SMILES string of the molecule is CC(C)N(C)S(=O)(=O)NCc1ccc(CN2CCOCC2)cc1. The first-order valence-corrected chi connectivity index (χ1v) is 9.43. The molecule has 0 saturated carbocycles. The van der Waals surface area contributed by atoms with Gasteiger partial charge < -0.3 is 4.74 Å².